The average molecular weight is 291 g/mol. The molecule has 5 nitrogen and oxygen atoms in total. The number of ether oxygens (including phenoxy) is 1. The number of benzene rings is 1. The zero-order valence-electron chi connectivity index (χ0n) is 13.1. The first-order valence-corrected chi connectivity index (χ1v) is 7.52. The Morgan fingerprint density at radius 1 is 1.38 bits per heavy atom. The highest BCUT2D eigenvalue weighted by molar-refractivity contribution is 5.82. The molecule has 1 amide bonds. The van der Waals surface area contributed by atoms with Crippen molar-refractivity contribution in [1.29, 1.82) is 0 Å². The van der Waals surface area contributed by atoms with Crippen molar-refractivity contribution in [2.75, 3.05) is 37.3 Å². The van der Waals surface area contributed by atoms with Crippen LogP contribution in [0.1, 0.15) is 26.7 Å². The average Bonchev–Trinajstić information content (AvgIpc) is 2.94. The summed E-state index contributed by atoms with van der Waals surface area (Å²) in [6, 6.07) is 5.64. The van der Waals surface area contributed by atoms with Crippen LogP contribution in [0.15, 0.2) is 18.2 Å². The number of carbonyl (C=O) groups is 1. The lowest BCUT2D eigenvalue weighted by atomic mass is 10.2. The summed E-state index contributed by atoms with van der Waals surface area (Å²) >= 11 is 0. The van der Waals surface area contributed by atoms with Gasteiger partial charge in [0.15, 0.2) is 0 Å². The van der Waals surface area contributed by atoms with Crippen LogP contribution in [0.2, 0.25) is 0 Å². The Morgan fingerprint density at radius 3 is 2.67 bits per heavy atom. The number of nitrogen functional groups attached to an aromatic ring is 1. The molecule has 1 heterocycles. The van der Waals surface area contributed by atoms with E-state index in [2.05, 4.69) is 0 Å². The predicted molar refractivity (Wildman–Crippen MR) is 85.7 cm³/mol. The fourth-order valence-electron chi connectivity index (χ4n) is 2.48. The van der Waals surface area contributed by atoms with Gasteiger partial charge in [-0.2, -0.15) is 0 Å². The van der Waals surface area contributed by atoms with E-state index in [9.17, 15) is 4.79 Å². The van der Waals surface area contributed by atoms with Crippen molar-refractivity contribution >= 4 is 17.3 Å². The van der Waals surface area contributed by atoms with Gasteiger partial charge >= 0.3 is 0 Å². The minimum Gasteiger partial charge on any atom is -0.489 e. The lowest BCUT2D eigenvalue weighted by Gasteiger charge is -2.24. The third-order valence-corrected chi connectivity index (χ3v) is 3.63. The predicted octanol–water partition coefficient (Wildman–Crippen LogP) is 2.11. The molecule has 2 N–H and O–H groups in total. The van der Waals surface area contributed by atoms with Crippen LogP contribution in [0.5, 0.6) is 5.75 Å². The van der Waals surface area contributed by atoms with E-state index >= 15 is 0 Å². The van der Waals surface area contributed by atoms with E-state index in [1.807, 2.05) is 48.9 Å². The second-order valence-corrected chi connectivity index (χ2v) is 5.83. The lowest BCUT2D eigenvalue weighted by Crippen LogP contribution is -2.37. The number of hydrogen-bond donors (Lipinski definition) is 1. The molecule has 1 aromatic rings. The Morgan fingerprint density at radius 2 is 2.05 bits per heavy atom. The normalized spacial score (nSPS) is 14.6. The maximum Gasteiger partial charge on any atom is 0.242 e. The quantitative estimate of drug-likeness (QED) is 0.844. The molecule has 0 unspecified atom stereocenters. The third kappa shape index (κ3) is 4.03. The van der Waals surface area contributed by atoms with Gasteiger partial charge in [0.05, 0.1) is 18.3 Å². The third-order valence-electron chi connectivity index (χ3n) is 3.63. The fourth-order valence-corrected chi connectivity index (χ4v) is 2.48. The van der Waals surface area contributed by atoms with Crippen LogP contribution in [-0.2, 0) is 4.79 Å². The Balaban J connectivity index is 2.04. The van der Waals surface area contributed by atoms with Gasteiger partial charge in [-0.3, -0.25) is 4.79 Å². The molecule has 0 saturated carbocycles. The summed E-state index contributed by atoms with van der Waals surface area (Å²) in [4.78, 5) is 16.1. The van der Waals surface area contributed by atoms with Gasteiger partial charge < -0.3 is 20.3 Å². The minimum atomic E-state index is 0.0686. The molecular formula is C16H25N3O2. The second-order valence-electron chi connectivity index (χ2n) is 5.83. The van der Waals surface area contributed by atoms with E-state index in [1.165, 1.54) is 0 Å². The maximum atomic E-state index is 12.2. The molecule has 0 bridgehead atoms. The molecule has 0 spiro atoms. The minimum absolute atomic E-state index is 0.0686. The van der Waals surface area contributed by atoms with Gasteiger partial charge in [0.1, 0.15) is 5.75 Å². The number of amides is 1. The van der Waals surface area contributed by atoms with Crippen molar-refractivity contribution in [3.63, 3.8) is 0 Å². The van der Waals surface area contributed by atoms with Gasteiger partial charge in [0.2, 0.25) is 5.91 Å². The number of anilines is 2. The van der Waals surface area contributed by atoms with Crippen molar-refractivity contribution in [1.82, 2.24) is 4.90 Å². The summed E-state index contributed by atoms with van der Waals surface area (Å²) in [5.41, 5.74) is 7.47. The van der Waals surface area contributed by atoms with Crippen molar-refractivity contribution in [2.24, 2.45) is 0 Å². The van der Waals surface area contributed by atoms with E-state index in [-0.39, 0.29) is 12.0 Å². The molecule has 1 saturated heterocycles. The maximum absolute atomic E-state index is 12.2. The van der Waals surface area contributed by atoms with Gasteiger partial charge in [0, 0.05) is 31.9 Å². The van der Waals surface area contributed by atoms with Gasteiger partial charge in [-0.05, 0) is 38.8 Å². The highest BCUT2D eigenvalue weighted by atomic mass is 16.5. The first-order valence-electron chi connectivity index (χ1n) is 7.52. The zero-order chi connectivity index (χ0) is 15.4. The number of rotatable bonds is 5. The second kappa shape index (κ2) is 6.70. The summed E-state index contributed by atoms with van der Waals surface area (Å²) in [6.45, 7) is 6.08. The lowest BCUT2D eigenvalue weighted by molar-refractivity contribution is -0.128. The smallest absolute Gasteiger partial charge is 0.242 e. The largest absolute Gasteiger partial charge is 0.489 e. The van der Waals surface area contributed by atoms with Crippen LogP contribution >= 0.6 is 0 Å². The molecule has 116 valence electrons. The molecule has 2 rings (SSSR count). The fraction of sp³-hybridized carbons (Fsp3) is 0.562. The van der Waals surface area contributed by atoms with Crippen molar-refractivity contribution in [2.45, 2.75) is 32.8 Å². The molecule has 1 aliphatic rings. The van der Waals surface area contributed by atoms with E-state index in [0.29, 0.717) is 18.0 Å². The zero-order valence-corrected chi connectivity index (χ0v) is 13.1. The Labute approximate surface area is 126 Å². The van der Waals surface area contributed by atoms with Crippen molar-refractivity contribution in [3.8, 4) is 5.75 Å². The summed E-state index contributed by atoms with van der Waals surface area (Å²) in [5, 5.41) is 0. The number of likely N-dealkylation sites (tertiary alicyclic amines) is 1. The molecule has 0 aliphatic carbocycles. The van der Waals surface area contributed by atoms with E-state index < -0.39 is 0 Å². The summed E-state index contributed by atoms with van der Waals surface area (Å²) in [5.74, 6) is 0.848. The molecule has 0 aromatic heterocycles. The molecule has 21 heavy (non-hydrogen) atoms. The number of hydrogen-bond acceptors (Lipinski definition) is 4. The van der Waals surface area contributed by atoms with Gasteiger partial charge in [-0.25, -0.2) is 0 Å². The van der Waals surface area contributed by atoms with Crippen LogP contribution in [0.25, 0.3) is 0 Å². The summed E-state index contributed by atoms with van der Waals surface area (Å²) in [7, 11) is 1.92. The van der Waals surface area contributed by atoms with E-state index in [0.717, 1.165) is 31.6 Å². The molecule has 0 atom stereocenters. The van der Waals surface area contributed by atoms with Crippen LogP contribution < -0.4 is 15.4 Å². The number of carbonyl (C=O) groups excluding carboxylic acids is 1. The Kier molecular flexibility index (Phi) is 4.94. The highest BCUT2D eigenvalue weighted by Gasteiger charge is 2.19. The van der Waals surface area contributed by atoms with E-state index in [4.69, 9.17) is 10.5 Å². The summed E-state index contributed by atoms with van der Waals surface area (Å²) in [6.07, 6.45) is 2.30. The van der Waals surface area contributed by atoms with Crippen LogP contribution in [0.4, 0.5) is 11.4 Å². The van der Waals surface area contributed by atoms with E-state index in [1.54, 1.807) is 0 Å². The molecule has 1 aliphatic heterocycles. The highest BCUT2D eigenvalue weighted by Crippen LogP contribution is 2.28. The topological polar surface area (TPSA) is 58.8 Å². The SMILES string of the molecule is CC(C)Oc1cc(N(C)CC(=O)N2CCCC2)ccc1N. The molecular weight excluding hydrogens is 266 g/mol. The van der Waals surface area contributed by atoms with Gasteiger partial charge in [-0.15, -0.1) is 0 Å². The van der Waals surface area contributed by atoms with Crippen LogP contribution in [-0.4, -0.2) is 43.6 Å². The van der Waals surface area contributed by atoms with Crippen LogP contribution in [0, 0.1) is 0 Å². The molecule has 1 fully saturated rings. The van der Waals surface area contributed by atoms with Gasteiger partial charge in [-0.1, -0.05) is 0 Å². The number of likely N-dealkylation sites (N-methyl/N-ethyl adjacent to an activating group) is 1. The monoisotopic (exact) mass is 291 g/mol. The molecule has 0 radical (unpaired) electrons. The van der Waals surface area contributed by atoms with Crippen molar-refractivity contribution < 1.29 is 9.53 Å². The van der Waals surface area contributed by atoms with Gasteiger partial charge in [0.25, 0.3) is 0 Å². The number of nitrogens with zero attached hydrogens (tertiary/aromatic N) is 2. The Hall–Kier alpha value is -1.91. The first-order chi connectivity index (χ1) is 9.97. The molecule has 5 heteroatoms. The first kappa shape index (κ1) is 15.5. The molecule has 1 aromatic carbocycles. The number of nitrogens with two attached hydrogens (primary N) is 1. The van der Waals surface area contributed by atoms with Crippen LogP contribution in [0.3, 0.4) is 0 Å². The van der Waals surface area contributed by atoms with Crippen molar-refractivity contribution in [3.05, 3.63) is 18.2 Å². The standard InChI is InChI=1S/C16H25N3O2/c1-12(2)21-15-10-13(6-7-14(15)17)18(3)11-16(20)19-8-4-5-9-19/h6-7,10,12H,4-5,8-9,11,17H2,1-3H3. The Bertz CT molecular complexity index is 496. The summed E-state index contributed by atoms with van der Waals surface area (Å²) < 4.78 is 5.69.